The van der Waals surface area contributed by atoms with Crippen molar-refractivity contribution in [3.63, 3.8) is 0 Å². The molecular formula is C18H26O4. The van der Waals surface area contributed by atoms with E-state index in [1.807, 2.05) is 0 Å². The smallest absolute Gasteiger partial charge is 0.321 e. The van der Waals surface area contributed by atoms with Gasteiger partial charge in [-0.15, -0.1) is 12.3 Å². The van der Waals surface area contributed by atoms with Crippen LogP contribution in [0.3, 0.4) is 0 Å². The molecule has 2 fully saturated rings. The Morgan fingerprint density at radius 1 is 0.864 bits per heavy atom. The molecule has 2 aliphatic rings. The Kier molecular flexibility index (Phi) is 6.76. The van der Waals surface area contributed by atoms with Gasteiger partial charge in [-0.3, -0.25) is 9.59 Å². The predicted molar refractivity (Wildman–Crippen MR) is 82.9 cm³/mol. The lowest BCUT2D eigenvalue weighted by Gasteiger charge is -2.26. The first-order chi connectivity index (χ1) is 10.7. The maximum Gasteiger partial charge on any atom is 0.321 e. The molecule has 0 spiro atoms. The summed E-state index contributed by atoms with van der Waals surface area (Å²) in [7, 11) is 0. The highest BCUT2D eigenvalue weighted by molar-refractivity contribution is 5.95. The van der Waals surface area contributed by atoms with Crippen molar-refractivity contribution in [3.8, 4) is 12.3 Å². The van der Waals surface area contributed by atoms with Gasteiger partial charge in [-0.2, -0.15) is 0 Å². The standard InChI is InChI=1S/C18H26O4/c1-2-9-16(17(19)21-14-10-5-3-6-11-14)18(20)22-15-12-7-4-8-13-15/h1,14-16H,3-13H2. The van der Waals surface area contributed by atoms with Gasteiger partial charge in [-0.25, -0.2) is 0 Å². The zero-order valence-corrected chi connectivity index (χ0v) is 13.2. The van der Waals surface area contributed by atoms with Crippen LogP contribution in [-0.4, -0.2) is 24.1 Å². The summed E-state index contributed by atoms with van der Waals surface area (Å²) in [5.74, 6) is 0.421. The van der Waals surface area contributed by atoms with Crippen molar-refractivity contribution in [1.82, 2.24) is 0 Å². The SMILES string of the molecule is C#CCC(C(=O)OC1CCCCC1)C(=O)OC1CCCCC1. The molecule has 2 rings (SSSR count). The van der Waals surface area contributed by atoms with Crippen LogP contribution in [0, 0.1) is 18.3 Å². The molecule has 0 amide bonds. The summed E-state index contributed by atoms with van der Waals surface area (Å²) in [6, 6.07) is 0. The molecule has 4 heteroatoms. The Labute approximate surface area is 132 Å². The highest BCUT2D eigenvalue weighted by Crippen LogP contribution is 2.24. The van der Waals surface area contributed by atoms with E-state index in [9.17, 15) is 9.59 Å². The van der Waals surface area contributed by atoms with Crippen LogP contribution in [0.4, 0.5) is 0 Å². The largest absolute Gasteiger partial charge is 0.462 e. The molecular weight excluding hydrogens is 280 g/mol. The third-order valence-corrected chi connectivity index (χ3v) is 4.56. The summed E-state index contributed by atoms with van der Waals surface area (Å²) in [5, 5.41) is 0. The molecule has 122 valence electrons. The Bertz CT molecular complexity index is 379. The predicted octanol–water partition coefficient (Wildman–Crippen LogP) is 3.38. The Morgan fingerprint density at radius 3 is 1.64 bits per heavy atom. The van der Waals surface area contributed by atoms with E-state index in [0.29, 0.717) is 0 Å². The molecule has 0 aromatic heterocycles. The van der Waals surface area contributed by atoms with Crippen molar-refractivity contribution in [2.75, 3.05) is 0 Å². The molecule has 4 nitrogen and oxygen atoms in total. The highest BCUT2D eigenvalue weighted by Gasteiger charge is 2.33. The normalized spacial score (nSPS) is 20.4. The van der Waals surface area contributed by atoms with Gasteiger partial charge >= 0.3 is 11.9 Å². The van der Waals surface area contributed by atoms with Crippen molar-refractivity contribution >= 4 is 11.9 Å². The lowest BCUT2D eigenvalue weighted by Crippen LogP contribution is -2.34. The third-order valence-electron chi connectivity index (χ3n) is 4.56. The maximum absolute atomic E-state index is 12.3. The van der Waals surface area contributed by atoms with Gasteiger partial charge in [0.05, 0.1) is 0 Å². The van der Waals surface area contributed by atoms with Crippen LogP contribution in [0.25, 0.3) is 0 Å². The zero-order chi connectivity index (χ0) is 15.8. The molecule has 0 N–H and O–H groups in total. The second-order valence-electron chi connectivity index (χ2n) is 6.35. The molecule has 0 bridgehead atoms. The van der Waals surface area contributed by atoms with Crippen molar-refractivity contribution in [2.45, 2.75) is 82.8 Å². The van der Waals surface area contributed by atoms with Crippen LogP contribution in [0.1, 0.15) is 70.6 Å². The topological polar surface area (TPSA) is 52.6 Å². The van der Waals surface area contributed by atoms with Gasteiger partial charge < -0.3 is 9.47 Å². The second kappa shape index (κ2) is 8.82. The van der Waals surface area contributed by atoms with Crippen LogP contribution in [0.5, 0.6) is 0 Å². The number of rotatable bonds is 5. The van der Waals surface area contributed by atoms with Crippen molar-refractivity contribution in [3.05, 3.63) is 0 Å². The summed E-state index contributed by atoms with van der Waals surface area (Å²) in [6.45, 7) is 0. The molecule has 0 aliphatic heterocycles. The maximum atomic E-state index is 12.3. The second-order valence-corrected chi connectivity index (χ2v) is 6.35. The minimum absolute atomic E-state index is 0.0527. The van der Waals surface area contributed by atoms with Crippen LogP contribution in [-0.2, 0) is 19.1 Å². The van der Waals surface area contributed by atoms with Gasteiger partial charge in [0, 0.05) is 6.42 Å². The number of ether oxygens (including phenoxy) is 2. The number of hydrogen-bond acceptors (Lipinski definition) is 4. The molecule has 2 saturated carbocycles. The molecule has 22 heavy (non-hydrogen) atoms. The van der Waals surface area contributed by atoms with Crippen LogP contribution in [0.15, 0.2) is 0 Å². The molecule has 0 atom stereocenters. The van der Waals surface area contributed by atoms with Gasteiger partial charge in [0.15, 0.2) is 5.92 Å². The van der Waals surface area contributed by atoms with Crippen molar-refractivity contribution in [1.29, 1.82) is 0 Å². The average Bonchev–Trinajstić information content (AvgIpc) is 2.54. The van der Waals surface area contributed by atoms with Crippen LogP contribution >= 0.6 is 0 Å². The Morgan fingerprint density at radius 2 is 1.27 bits per heavy atom. The minimum atomic E-state index is -0.964. The van der Waals surface area contributed by atoms with Gasteiger partial charge in [0.1, 0.15) is 12.2 Å². The lowest BCUT2D eigenvalue weighted by molar-refractivity contribution is -0.169. The molecule has 0 unspecified atom stereocenters. The number of terminal acetylenes is 1. The number of esters is 2. The van der Waals surface area contributed by atoms with E-state index >= 15 is 0 Å². The Balaban J connectivity index is 1.87. The van der Waals surface area contributed by atoms with E-state index in [4.69, 9.17) is 15.9 Å². The van der Waals surface area contributed by atoms with Gasteiger partial charge in [0.2, 0.25) is 0 Å². The summed E-state index contributed by atoms with van der Waals surface area (Å²) in [5.41, 5.74) is 0. The van der Waals surface area contributed by atoms with E-state index in [-0.39, 0.29) is 18.6 Å². The van der Waals surface area contributed by atoms with Gasteiger partial charge in [-0.05, 0) is 51.4 Å². The molecule has 0 saturated heterocycles. The number of hydrogen-bond donors (Lipinski definition) is 0. The quantitative estimate of drug-likeness (QED) is 0.444. The fourth-order valence-electron chi connectivity index (χ4n) is 3.24. The summed E-state index contributed by atoms with van der Waals surface area (Å²) < 4.78 is 11.0. The van der Waals surface area contributed by atoms with Crippen molar-refractivity contribution in [2.24, 2.45) is 5.92 Å². The molecule has 2 aliphatic carbocycles. The fraction of sp³-hybridized carbons (Fsp3) is 0.778. The number of carbonyl (C=O) groups is 2. The lowest BCUT2D eigenvalue weighted by atomic mass is 9.97. The van der Waals surface area contributed by atoms with E-state index in [0.717, 1.165) is 51.4 Å². The van der Waals surface area contributed by atoms with Crippen LogP contribution < -0.4 is 0 Å². The van der Waals surface area contributed by atoms with E-state index in [1.165, 1.54) is 12.8 Å². The molecule has 0 aromatic carbocycles. The third kappa shape index (κ3) is 5.05. The molecule has 0 radical (unpaired) electrons. The van der Waals surface area contributed by atoms with Gasteiger partial charge in [0.25, 0.3) is 0 Å². The summed E-state index contributed by atoms with van der Waals surface area (Å²) in [6.07, 6.45) is 15.4. The van der Waals surface area contributed by atoms with E-state index < -0.39 is 17.9 Å². The first-order valence-corrected chi connectivity index (χ1v) is 8.55. The van der Waals surface area contributed by atoms with E-state index in [2.05, 4.69) is 5.92 Å². The number of carbonyl (C=O) groups excluding carboxylic acids is 2. The fourth-order valence-corrected chi connectivity index (χ4v) is 3.24. The van der Waals surface area contributed by atoms with E-state index in [1.54, 1.807) is 0 Å². The average molecular weight is 306 g/mol. The monoisotopic (exact) mass is 306 g/mol. The van der Waals surface area contributed by atoms with Crippen molar-refractivity contribution < 1.29 is 19.1 Å². The Hall–Kier alpha value is -1.50. The van der Waals surface area contributed by atoms with Crippen LogP contribution in [0.2, 0.25) is 0 Å². The minimum Gasteiger partial charge on any atom is -0.462 e. The summed E-state index contributed by atoms with van der Waals surface area (Å²) in [4.78, 5) is 24.5. The molecule has 0 heterocycles. The summed E-state index contributed by atoms with van der Waals surface area (Å²) >= 11 is 0. The zero-order valence-electron chi connectivity index (χ0n) is 13.2. The highest BCUT2D eigenvalue weighted by atomic mass is 16.6. The first-order valence-electron chi connectivity index (χ1n) is 8.55. The first kappa shape index (κ1) is 16.9. The van der Waals surface area contributed by atoms with Gasteiger partial charge in [-0.1, -0.05) is 12.8 Å². The molecule has 0 aromatic rings.